The third-order valence-electron chi connectivity index (χ3n) is 4.74. The smallest absolute Gasteiger partial charge is 0.239 e. The summed E-state index contributed by atoms with van der Waals surface area (Å²) in [6.07, 6.45) is 0. The molecule has 2 fully saturated rings. The highest BCUT2D eigenvalue weighted by Crippen LogP contribution is 2.28. The van der Waals surface area contributed by atoms with Gasteiger partial charge in [-0.2, -0.15) is 5.10 Å². The molecule has 1 N–H and O–H groups in total. The topological polar surface area (TPSA) is 79.2 Å². The van der Waals surface area contributed by atoms with Crippen LogP contribution in [0.4, 0.5) is 5.82 Å². The van der Waals surface area contributed by atoms with Gasteiger partial charge in [-0.05, 0) is 13.8 Å². The van der Waals surface area contributed by atoms with Gasteiger partial charge in [0.25, 0.3) is 0 Å². The van der Waals surface area contributed by atoms with Crippen molar-refractivity contribution in [3.63, 3.8) is 0 Å². The first-order valence-corrected chi connectivity index (χ1v) is 7.99. The molecule has 1 atom stereocenters. The van der Waals surface area contributed by atoms with Crippen LogP contribution in [0, 0.1) is 13.8 Å². The number of hydrogen-bond donors (Lipinski definition) is 1. The molecule has 122 valence electrons. The molecule has 2 aromatic heterocycles. The fourth-order valence-electron chi connectivity index (χ4n) is 3.62. The summed E-state index contributed by atoms with van der Waals surface area (Å²) in [6, 6.07) is -0.0974. The average molecular weight is 315 g/mol. The molecule has 2 saturated heterocycles. The van der Waals surface area contributed by atoms with Crippen molar-refractivity contribution in [2.45, 2.75) is 19.9 Å². The molecule has 2 aliphatic heterocycles. The molecule has 2 aromatic rings. The Morgan fingerprint density at radius 3 is 2.83 bits per heavy atom. The fourth-order valence-corrected chi connectivity index (χ4v) is 3.62. The number of carbonyl (C=O) groups is 1. The highest BCUT2D eigenvalue weighted by Gasteiger charge is 2.36. The van der Waals surface area contributed by atoms with Gasteiger partial charge in [0.15, 0.2) is 5.65 Å². The lowest BCUT2D eigenvalue weighted by molar-refractivity contribution is -0.129. The predicted octanol–water partition coefficient (Wildman–Crippen LogP) is -0.399. The lowest BCUT2D eigenvalue weighted by Crippen LogP contribution is -2.64. The Labute approximate surface area is 134 Å². The minimum Gasteiger partial charge on any atom is -0.353 e. The van der Waals surface area contributed by atoms with Gasteiger partial charge in [-0.15, -0.1) is 0 Å². The van der Waals surface area contributed by atoms with Crippen molar-refractivity contribution in [1.82, 2.24) is 30.0 Å². The van der Waals surface area contributed by atoms with E-state index in [-0.39, 0.29) is 11.9 Å². The van der Waals surface area contributed by atoms with Crippen LogP contribution in [0.15, 0.2) is 0 Å². The van der Waals surface area contributed by atoms with E-state index in [9.17, 15) is 4.79 Å². The van der Waals surface area contributed by atoms with Crippen LogP contribution in [0.2, 0.25) is 0 Å². The quantitative estimate of drug-likeness (QED) is 0.771. The summed E-state index contributed by atoms with van der Waals surface area (Å²) in [5, 5.41) is 8.43. The molecule has 8 nitrogen and oxygen atoms in total. The molecule has 2 aliphatic rings. The number of hydrogen-bond acceptors (Lipinski definition) is 6. The SMILES string of the molecule is Cc1nc(N2CCN3CCNC(=O)C3C2)c2c(C)nn(C)c2n1. The number of rotatable bonds is 1. The largest absolute Gasteiger partial charge is 0.353 e. The van der Waals surface area contributed by atoms with Gasteiger partial charge in [0.05, 0.1) is 11.1 Å². The third-order valence-corrected chi connectivity index (χ3v) is 4.74. The van der Waals surface area contributed by atoms with E-state index in [4.69, 9.17) is 0 Å². The monoisotopic (exact) mass is 315 g/mol. The molecule has 4 heterocycles. The van der Waals surface area contributed by atoms with Crippen LogP contribution in [0.25, 0.3) is 11.0 Å². The molecule has 1 amide bonds. The van der Waals surface area contributed by atoms with E-state index in [1.807, 2.05) is 20.9 Å². The second kappa shape index (κ2) is 5.16. The van der Waals surface area contributed by atoms with E-state index in [0.29, 0.717) is 6.54 Å². The van der Waals surface area contributed by atoms with E-state index in [1.54, 1.807) is 4.68 Å². The zero-order valence-electron chi connectivity index (χ0n) is 13.7. The number of aryl methyl sites for hydroxylation is 3. The molecule has 4 rings (SSSR count). The third kappa shape index (κ3) is 2.24. The number of carbonyl (C=O) groups excluding carboxylic acids is 1. The number of aromatic nitrogens is 4. The Hall–Kier alpha value is -2.22. The number of fused-ring (bicyclic) bond motifs is 2. The molecular weight excluding hydrogens is 294 g/mol. The van der Waals surface area contributed by atoms with Crippen LogP contribution < -0.4 is 10.2 Å². The Kier molecular flexibility index (Phi) is 3.22. The number of anilines is 1. The molecule has 0 radical (unpaired) electrons. The molecule has 0 aliphatic carbocycles. The highest BCUT2D eigenvalue weighted by atomic mass is 16.2. The normalized spacial score (nSPS) is 22.3. The van der Waals surface area contributed by atoms with Crippen LogP contribution in [-0.2, 0) is 11.8 Å². The van der Waals surface area contributed by atoms with Gasteiger partial charge in [-0.1, -0.05) is 0 Å². The molecular formula is C15H21N7O. The Morgan fingerprint density at radius 2 is 2.00 bits per heavy atom. The second-order valence-electron chi connectivity index (χ2n) is 6.29. The summed E-state index contributed by atoms with van der Waals surface area (Å²) in [7, 11) is 1.90. The lowest BCUT2D eigenvalue weighted by atomic mass is 10.1. The van der Waals surface area contributed by atoms with Crippen molar-refractivity contribution in [1.29, 1.82) is 0 Å². The summed E-state index contributed by atoms with van der Waals surface area (Å²) in [4.78, 5) is 25.8. The first-order chi connectivity index (χ1) is 11.0. The van der Waals surface area contributed by atoms with Gasteiger partial charge < -0.3 is 10.2 Å². The van der Waals surface area contributed by atoms with Crippen LogP contribution in [0.1, 0.15) is 11.5 Å². The van der Waals surface area contributed by atoms with Crippen LogP contribution >= 0.6 is 0 Å². The zero-order chi connectivity index (χ0) is 16.1. The van der Waals surface area contributed by atoms with Gasteiger partial charge >= 0.3 is 0 Å². The maximum absolute atomic E-state index is 12.2. The summed E-state index contributed by atoms with van der Waals surface area (Å²) >= 11 is 0. The van der Waals surface area contributed by atoms with Crippen LogP contribution in [0.3, 0.4) is 0 Å². The number of amides is 1. The van der Waals surface area contributed by atoms with Gasteiger partial charge in [0.2, 0.25) is 5.91 Å². The second-order valence-corrected chi connectivity index (χ2v) is 6.29. The molecule has 0 bridgehead atoms. The van der Waals surface area contributed by atoms with Gasteiger partial charge in [0, 0.05) is 39.8 Å². The van der Waals surface area contributed by atoms with Crippen molar-refractivity contribution in [3.8, 4) is 0 Å². The van der Waals surface area contributed by atoms with Crippen LogP contribution in [-0.4, -0.2) is 69.3 Å². The maximum atomic E-state index is 12.2. The Morgan fingerprint density at radius 1 is 1.17 bits per heavy atom. The molecule has 1 unspecified atom stereocenters. The predicted molar refractivity (Wildman–Crippen MR) is 86.4 cm³/mol. The molecule has 0 spiro atoms. The van der Waals surface area contributed by atoms with E-state index < -0.39 is 0 Å². The summed E-state index contributed by atoms with van der Waals surface area (Å²) in [5.74, 6) is 1.74. The maximum Gasteiger partial charge on any atom is 0.239 e. The van der Waals surface area contributed by atoms with Crippen molar-refractivity contribution in [3.05, 3.63) is 11.5 Å². The van der Waals surface area contributed by atoms with Gasteiger partial charge in [-0.3, -0.25) is 14.4 Å². The number of nitrogens with zero attached hydrogens (tertiary/aromatic N) is 6. The molecule has 8 heteroatoms. The first-order valence-electron chi connectivity index (χ1n) is 7.99. The Bertz CT molecular complexity index is 784. The molecule has 0 aromatic carbocycles. The summed E-state index contributed by atoms with van der Waals surface area (Å²) < 4.78 is 1.80. The highest BCUT2D eigenvalue weighted by molar-refractivity contribution is 5.91. The van der Waals surface area contributed by atoms with Crippen molar-refractivity contribution >= 4 is 22.8 Å². The molecule has 23 heavy (non-hydrogen) atoms. The first kappa shape index (κ1) is 14.4. The number of piperazine rings is 2. The van der Waals surface area contributed by atoms with Gasteiger partial charge in [0.1, 0.15) is 17.7 Å². The zero-order valence-corrected chi connectivity index (χ0v) is 13.7. The average Bonchev–Trinajstić information content (AvgIpc) is 2.81. The standard InChI is InChI=1S/C15H21N7O/c1-9-12-13(20(3)19-9)17-10(2)18-14(12)22-7-6-21-5-4-16-15(23)11(21)8-22/h11H,4-8H2,1-3H3,(H,16,23). The lowest BCUT2D eigenvalue weighted by Gasteiger charge is -2.43. The Balaban J connectivity index is 1.76. The van der Waals surface area contributed by atoms with E-state index >= 15 is 0 Å². The van der Waals surface area contributed by atoms with Crippen LogP contribution in [0.5, 0.6) is 0 Å². The summed E-state index contributed by atoms with van der Waals surface area (Å²) in [5.41, 5.74) is 1.77. The summed E-state index contributed by atoms with van der Waals surface area (Å²) in [6.45, 7) is 7.95. The van der Waals surface area contributed by atoms with Gasteiger partial charge in [-0.25, -0.2) is 9.97 Å². The van der Waals surface area contributed by atoms with E-state index in [1.165, 1.54) is 0 Å². The van der Waals surface area contributed by atoms with E-state index in [0.717, 1.165) is 54.5 Å². The molecule has 0 saturated carbocycles. The van der Waals surface area contributed by atoms with Crippen molar-refractivity contribution in [2.24, 2.45) is 7.05 Å². The van der Waals surface area contributed by atoms with E-state index in [2.05, 4.69) is 30.2 Å². The van der Waals surface area contributed by atoms with Crippen molar-refractivity contribution in [2.75, 3.05) is 37.6 Å². The minimum absolute atomic E-state index is 0.0974. The number of nitrogens with one attached hydrogen (secondary N) is 1. The minimum atomic E-state index is -0.0974. The van der Waals surface area contributed by atoms with Crippen molar-refractivity contribution < 1.29 is 4.79 Å². The fraction of sp³-hybridized carbons (Fsp3) is 0.600.